The van der Waals surface area contributed by atoms with E-state index in [0.717, 1.165) is 0 Å². The number of hydrogen-bond donors (Lipinski definition) is 4. The minimum atomic E-state index is -1.66. The molecular formula is C25H23FN6O4. The van der Waals surface area contributed by atoms with E-state index < -0.39 is 28.6 Å². The first-order valence-electron chi connectivity index (χ1n) is 11.1. The first-order chi connectivity index (χ1) is 17.1. The third kappa shape index (κ3) is 3.93. The van der Waals surface area contributed by atoms with Crippen molar-refractivity contribution in [2.75, 3.05) is 13.2 Å². The number of fused-ring (bicyclic) bond motifs is 2. The number of ether oxygens (including phenoxy) is 1. The first kappa shape index (κ1) is 23.4. The number of carbonyl (C=O) groups excluding carboxylic acids is 2. The van der Waals surface area contributed by atoms with Gasteiger partial charge in [-0.05, 0) is 56.3 Å². The van der Waals surface area contributed by atoms with Gasteiger partial charge in [0.2, 0.25) is 5.91 Å². The SMILES string of the molecule is C[C@](O)(CNC(=O)c1nc2ncccc2[nH]1)c1cc2c(c(-c3ccc(F)cc3)n1)OC[C@]2(C)C(N)=O. The van der Waals surface area contributed by atoms with Gasteiger partial charge in [-0.3, -0.25) is 9.59 Å². The molecule has 0 spiro atoms. The molecule has 184 valence electrons. The summed E-state index contributed by atoms with van der Waals surface area (Å²) in [6.07, 6.45) is 1.57. The molecule has 5 rings (SSSR count). The van der Waals surface area contributed by atoms with E-state index in [4.69, 9.17) is 10.5 Å². The number of amides is 2. The number of nitrogens with one attached hydrogen (secondary N) is 2. The molecule has 0 radical (unpaired) electrons. The van der Waals surface area contributed by atoms with Crippen molar-refractivity contribution in [2.24, 2.45) is 5.73 Å². The fourth-order valence-corrected chi connectivity index (χ4v) is 4.05. The van der Waals surface area contributed by atoms with Gasteiger partial charge in [0.1, 0.15) is 34.9 Å². The van der Waals surface area contributed by atoms with Crippen LogP contribution >= 0.6 is 0 Å². The van der Waals surface area contributed by atoms with Gasteiger partial charge >= 0.3 is 0 Å². The fraction of sp³-hybridized carbons (Fsp3) is 0.240. The van der Waals surface area contributed by atoms with Crippen LogP contribution in [-0.4, -0.2) is 50.0 Å². The van der Waals surface area contributed by atoms with Crippen LogP contribution < -0.4 is 15.8 Å². The number of halogens is 1. The normalized spacial score (nSPS) is 18.3. The van der Waals surface area contributed by atoms with Gasteiger partial charge in [-0.2, -0.15) is 0 Å². The summed E-state index contributed by atoms with van der Waals surface area (Å²) in [6.45, 7) is 2.90. The average molecular weight is 490 g/mol. The van der Waals surface area contributed by atoms with Crippen LogP contribution in [-0.2, 0) is 15.8 Å². The Labute approximate surface area is 204 Å². The minimum absolute atomic E-state index is 0.00401. The van der Waals surface area contributed by atoms with E-state index >= 15 is 0 Å². The molecule has 5 N–H and O–H groups in total. The lowest BCUT2D eigenvalue weighted by molar-refractivity contribution is -0.123. The van der Waals surface area contributed by atoms with Crippen LogP contribution in [0.25, 0.3) is 22.4 Å². The maximum absolute atomic E-state index is 13.6. The second kappa shape index (κ2) is 8.38. The number of pyridine rings is 2. The third-order valence-electron chi connectivity index (χ3n) is 6.35. The number of benzene rings is 1. The summed E-state index contributed by atoms with van der Waals surface area (Å²) in [5.74, 6) is -1.19. The maximum atomic E-state index is 13.6. The second-order valence-electron chi connectivity index (χ2n) is 9.14. The molecule has 0 saturated heterocycles. The van der Waals surface area contributed by atoms with E-state index in [0.29, 0.717) is 33.7 Å². The minimum Gasteiger partial charge on any atom is -0.489 e. The largest absolute Gasteiger partial charge is 0.489 e. The molecule has 4 aromatic rings. The van der Waals surface area contributed by atoms with Gasteiger partial charge < -0.3 is 25.9 Å². The Morgan fingerprint density at radius 1 is 1.28 bits per heavy atom. The van der Waals surface area contributed by atoms with Gasteiger partial charge in [-0.15, -0.1) is 0 Å². The number of aromatic amines is 1. The fourth-order valence-electron chi connectivity index (χ4n) is 4.05. The van der Waals surface area contributed by atoms with E-state index in [1.807, 2.05) is 0 Å². The molecule has 3 aromatic heterocycles. The quantitative estimate of drug-likeness (QED) is 0.322. The first-order valence-corrected chi connectivity index (χ1v) is 11.1. The Balaban J connectivity index is 1.50. The van der Waals surface area contributed by atoms with Gasteiger partial charge in [0.05, 0.1) is 17.8 Å². The topological polar surface area (TPSA) is 156 Å². The summed E-state index contributed by atoms with van der Waals surface area (Å²) in [5.41, 5.74) is 5.33. The third-order valence-corrected chi connectivity index (χ3v) is 6.35. The number of aromatic nitrogens is 4. The van der Waals surface area contributed by atoms with Crippen LogP contribution in [0, 0.1) is 5.82 Å². The molecular weight excluding hydrogens is 467 g/mol. The summed E-state index contributed by atoms with van der Waals surface area (Å²) in [4.78, 5) is 40.8. The molecule has 0 fully saturated rings. The molecule has 4 heterocycles. The number of H-pyrrole nitrogens is 1. The Morgan fingerprint density at radius 2 is 2.03 bits per heavy atom. The predicted octanol–water partition coefficient (Wildman–Crippen LogP) is 1.93. The molecule has 11 heteroatoms. The Bertz CT molecular complexity index is 1470. The van der Waals surface area contributed by atoms with Gasteiger partial charge in [-0.1, -0.05) is 0 Å². The van der Waals surface area contributed by atoms with Crippen molar-refractivity contribution in [3.05, 3.63) is 71.6 Å². The number of aliphatic hydroxyl groups is 1. The number of nitrogens with zero attached hydrogens (tertiary/aromatic N) is 3. The molecule has 2 atom stereocenters. The standard InChI is InChI=1S/C25H23FN6O4/c1-24(23(27)34)12-36-19-15(24)10-17(31-18(19)13-5-7-14(26)8-6-13)25(2,35)11-29-22(33)21-30-16-4-3-9-28-20(16)32-21/h3-10,35H,11-12H2,1-2H3,(H2,27,34)(H,29,33)(H,28,30,32)/t24-,25-/m0/s1. The van der Waals surface area contributed by atoms with Crippen molar-refractivity contribution in [3.8, 4) is 17.0 Å². The highest BCUT2D eigenvalue weighted by molar-refractivity contribution is 5.93. The highest BCUT2D eigenvalue weighted by Gasteiger charge is 2.45. The molecule has 10 nitrogen and oxygen atoms in total. The van der Waals surface area contributed by atoms with Crippen LogP contribution in [0.15, 0.2) is 48.7 Å². The summed E-state index contributed by atoms with van der Waals surface area (Å²) in [5, 5.41) is 14.0. The van der Waals surface area contributed by atoms with E-state index in [1.165, 1.54) is 31.2 Å². The Hall–Kier alpha value is -4.38. The van der Waals surface area contributed by atoms with E-state index in [-0.39, 0.29) is 24.7 Å². The van der Waals surface area contributed by atoms with Crippen molar-refractivity contribution >= 4 is 23.0 Å². The molecule has 1 aliphatic heterocycles. The van der Waals surface area contributed by atoms with Crippen LogP contribution in [0.2, 0.25) is 0 Å². The molecule has 0 saturated carbocycles. The van der Waals surface area contributed by atoms with Crippen molar-refractivity contribution < 1.29 is 23.8 Å². The zero-order valence-electron chi connectivity index (χ0n) is 19.5. The van der Waals surface area contributed by atoms with Crippen molar-refractivity contribution in [1.29, 1.82) is 0 Å². The van der Waals surface area contributed by atoms with E-state index in [2.05, 4.69) is 25.3 Å². The predicted molar refractivity (Wildman–Crippen MR) is 127 cm³/mol. The average Bonchev–Trinajstić information content (AvgIpc) is 3.45. The molecule has 0 bridgehead atoms. The Kier molecular flexibility index (Phi) is 5.44. The summed E-state index contributed by atoms with van der Waals surface area (Å²) >= 11 is 0. The van der Waals surface area contributed by atoms with Crippen molar-refractivity contribution in [1.82, 2.24) is 25.3 Å². The Morgan fingerprint density at radius 3 is 2.72 bits per heavy atom. The number of rotatable bonds is 6. The molecule has 2 amide bonds. The monoisotopic (exact) mass is 490 g/mol. The van der Waals surface area contributed by atoms with E-state index in [1.54, 1.807) is 31.3 Å². The molecule has 1 aromatic carbocycles. The smallest absolute Gasteiger partial charge is 0.287 e. The zero-order chi connectivity index (χ0) is 25.7. The summed E-state index contributed by atoms with van der Waals surface area (Å²) in [7, 11) is 0. The van der Waals surface area contributed by atoms with Crippen LogP contribution in [0.3, 0.4) is 0 Å². The van der Waals surface area contributed by atoms with Gasteiger partial charge in [0.25, 0.3) is 5.91 Å². The lowest BCUT2D eigenvalue weighted by Crippen LogP contribution is -2.41. The second-order valence-corrected chi connectivity index (χ2v) is 9.14. The highest BCUT2D eigenvalue weighted by Crippen LogP contribution is 2.45. The number of primary amides is 1. The summed E-state index contributed by atoms with van der Waals surface area (Å²) in [6, 6.07) is 10.6. The van der Waals surface area contributed by atoms with Crippen molar-refractivity contribution in [2.45, 2.75) is 24.9 Å². The van der Waals surface area contributed by atoms with Gasteiger partial charge in [0, 0.05) is 17.3 Å². The molecule has 0 aliphatic carbocycles. The van der Waals surface area contributed by atoms with Crippen LogP contribution in [0.1, 0.15) is 35.7 Å². The van der Waals surface area contributed by atoms with Crippen molar-refractivity contribution in [3.63, 3.8) is 0 Å². The maximum Gasteiger partial charge on any atom is 0.287 e. The molecule has 1 aliphatic rings. The molecule has 0 unspecified atom stereocenters. The zero-order valence-corrected chi connectivity index (χ0v) is 19.5. The highest BCUT2D eigenvalue weighted by atomic mass is 19.1. The number of imidazole rings is 1. The number of carbonyl (C=O) groups is 2. The van der Waals surface area contributed by atoms with Crippen LogP contribution in [0.4, 0.5) is 4.39 Å². The summed E-state index contributed by atoms with van der Waals surface area (Å²) < 4.78 is 19.4. The van der Waals surface area contributed by atoms with Crippen LogP contribution in [0.5, 0.6) is 5.75 Å². The van der Waals surface area contributed by atoms with E-state index in [9.17, 15) is 19.1 Å². The molecule has 36 heavy (non-hydrogen) atoms. The number of hydrogen-bond acceptors (Lipinski definition) is 7. The van der Waals surface area contributed by atoms with Gasteiger partial charge in [0.15, 0.2) is 11.5 Å². The lowest BCUT2D eigenvalue weighted by Gasteiger charge is -2.26. The number of nitrogens with two attached hydrogens (primary N) is 1. The van der Waals surface area contributed by atoms with Gasteiger partial charge in [-0.25, -0.2) is 19.3 Å². The lowest BCUT2D eigenvalue weighted by atomic mass is 9.82.